The van der Waals surface area contributed by atoms with Gasteiger partial charge in [0.2, 0.25) is 0 Å². The van der Waals surface area contributed by atoms with Crippen molar-refractivity contribution in [3.8, 4) is 12.3 Å². The number of nitrogens with zero attached hydrogens (tertiary/aromatic N) is 2. The van der Waals surface area contributed by atoms with E-state index in [1.807, 2.05) is 37.3 Å². The summed E-state index contributed by atoms with van der Waals surface area (Å²) in [5, 5.41) is 0. The largest absolute Gasteiger partial charge is 0.383 e. The van der Waals surface area contributed by atoms with Crippen LogP contribution in [0.4, 0.5) is 11.5 Å². The molecule has 120 valence electrons. The Bertz CT molecular complexity index is 815. The monoisotopic (exact) mass is 312 g/mol. The highest BCUT2D eigenvalue weighted by Crippen LogP contribution is 2.17. The fourth-order valence-electron chi connectivity index (χ4n) is 2.46. The summed E-state index contributed by atoms with van der Waals surface area (Å²) in [6.07, 6.45) is 6.18. The molecule has 0 saturated heterocycles. The summed E-state index contributed by atoms with van der Waals surface area (Å²) in [7, 11) is 0. The zero-order chi connectivity index (χ0) is 16.8. The molecule has 2 aromatic rings. The number of anilines is 2. The molecule has 0 aliphatic heterocycles. The number of nitrogens with one attached hydrogen (secondary N) is 1. The van der Waals surface area contributed by atoms with Crippen LogP contribution in [0, 0.1) is 12.3 Å². The second kappa shape index (κ2) is 7.36. The zero-order valence-electron chi connectivity index (χ0n) is 13.1. The summed E-state index contributed by atoms with van der Waals surface area (Å²) in [5.74, 6) is 2.65. The van der Waals surface area contributed by atoms with Crippen LogP contribution >= 0.6 is 0 Å². The standard InChI is InChI=1S/C17H20N4O2/c1-3-10-20(11-4-2)14-15(18)21(17(23)19-16(14)22)12-13-8-6-5-7-9-13/h1,5-9H,4,10-12,18H2,2H3,(H,19,22,23). The minimum atomic E-state index is -0.530. The van der Waals surface area contributed by atoms with Gasteiger partial charge in [-0.05, 0) is 12.0 Å². The molecule has 1 heterocycles. The van der Waals surface area contributed by atoms with Crippen molar-refractivity contribution in [3.63, 3.8) is 0 Å². The Hall–Kier alpha value is -2.94. The van der Waals surface area contributed by atoms with E-state index in [1.54, 1.807) is 4.90 Å². The second-order valence-electron chi connectivity index (χ2n) is 5.19. The minimum Gasteiger partial charge on any atom is -0.383 e. The van der Waals surface area contributed by atoms with Crippen LogP contribution in [0.2, 0.25) is 0 Å². The molecule has 0 amide bonds. The van der Waals surface area contributed by atoms with Gasteiger partial charge in [-0.3, -0.25) is 14.3 Å². The Morgan fingerprint density at radius 1 is 1.30 bits per heavy atom. The molecular formula is C17H20N4O2. The molecule has 1 aromatic heterocycles. The summed E-state index contributed by atoms with van der Waals surface area (Å²) in [4.78, 5) is 28.4. The molecule has 0 atom stereocenters. The van der Waals surface area contributed by atoms with Crippen molar-refractivity contribution in [1.82, 2.24) is 9.55 Å². The van der Waals surface area contributed by atoms with Gasteiger partial charge in [0.15, 0.2) is 0 Å². The first-order valence-corrected chi connectivity index (χ1v) is 7.43. The molecule has 0 aliphatic rings. The molecule has 1 aromatic carbocycles. The molecule has 0 saturated carbocycles. The Balaban J connectivity index is 2.53. The average Bonchev–Trinajstić information content (AvgIpc) is 2.53. The van der Waals surface area contributed by atoms with Gasteiger partial charge < -0.3 is 10.6 Å². The molecule has 6 nitrogen and oxygen atoms in total. The van der Waals surface area contributed by atoms with Crippen LogP contribution in [0.25, 0.3) is 0 Å². The molecule has 0 aliphatic carbocycles. The van der Waals surface area contributed by atoms with Crippen molar-refractivity contribution in [1.29, 1.82) is 0 Å². The lowest BCUT2D eigenvalue weighted by molar-refractivity contribution is 0.719. The lowest BCUT2D eigenvalue weighted by Gasteiger charge is -2.23. The third-order valence-electron chi connectivity index (χ3n) is 3.49. The fraction of sp³-hybridized carbons (Fsp3) is 0.294. The van der Waals surface area contributed by atoms with Crippen LogP contribution in [-0.2, 0) is 6.54 Å². The molecular weight excluding hydrogens is 292 g/mol. The van der Waals surface area contributed by atoms with Crippen molar-refractivity contribution in [2.24, 2.45) is 0 Å². The average molecular weight is 312 g/mol. The first-order valence-electron chi connectivity index (χ1n) is 7.43. The number of benzene rings is 1. The maximum Gasteiger partial charge on any atom is 0.330 e. The van der Waals surface area contributed by atoms with Crippen LogP contribution in [0.15, 0.2) is 39.9 Å². The second-order valence-corrected chi connectivity index (χ2v) is 5.19. The van der Waals surface area contributed by atoms with Gasteiger partial charge in [0.25, 0.3) is 5.56 Å². The first kappa shape index (κ1) is 16.4. The van der Waals surface area contributed by atoms with E-state index in [0.29, 0.717) is 6.54 Å². The van der Waals surface area contributed by atoms with Gasteiger partial charge in [0, 0.05) is 6.54 Å². The van der Waals surface area contributed by atoms with E-state index in [0.717, 1.165) is 12.0 Å². The predicted octanol–water partition coefficient (Wildman–Crippen LogP) is 1.02. The summed E-state index contributed by atoms with van der Waals surface area (Å²) in [6.45, 7) is 3.10. The van der Waals surface area contributed by atoms with Crippen molar-refractivity contribution < 1.29 is 0 Å². The Labute approximate surface area is 134 Å². The van der Waals surface area contributed by atoms with Gasteiger partial charge in [0.05, 0.1) is 13.1 Å². The SMILES string of the molecule is C#CCN(CCC)c1c(N)n(Cc2ccccc2)c(=O)[nH]c1=O. The van der Waals surface area contributed by atoms with Crippen LogP contribution < -0.4 is 21.9 Å². The van der Waals surface area contributed by atoms with Gasteiger partial charge >= 0.3 is 5.69 Å². The van der Waals surface area contributed by atoms with Gasteiger partial charge in [0.1, 0.15) is 11.5 Å². The fourth-order valence-corrected chi connectivity index (χ4v) is 2.46. The van der Waals surface area contributed by atoms with Gasteiger partial charge in [-0.25, -0.2) is 4.79 Å². The van der Waals surface area contributed by atoms with Crippen LogP contribution in [-0.4, -0.2) is 22.6 Å². The molecule has 3 N–H and O–H groups in total. The number of H-pyrrole nitrogens is 1. The Morgan fingerprint density at radius 2 is 2.00 bits per heavy atom. The lowest BCUT2D eigenvalue weighted by Crippen LogP contribution is -2.39. The number of aromatic nitrogens is 2. The van der Waals surface area contributed by atoms with Crippen molar-refractivity contribution >= 4 is 11.5 Å². The van der Waals surface area contributed by atoms with E-state index >= 15 is 0 Å². The summed E-state index contributed by atoms with van der Waals surface area (Å²) >= 11 is 0. The normalized spacial score (nSPS) is 10.3. The number of nitrogens with two attached hydrogens (primary N) is 1. The van der Waals surface area contributed by atoms with Crippen molar-refractivity contribution in [3.05, 3.63) is 56.7 Å². The highest BCUT2D eigenvalue weighted by atomic mass is 16.2. The van der Waals surface area contributed by atoms with E-state index in [2.05, 4.69) is 10.9 Å². The molecule has 0 bridgehead atoms. The molecule has 0 spiro atoms. The third kappa shape index (κ3) is 3.64. The van der Waals surface area contributed by atoms with E-state index in [4.69, 9.17) is 12.2 Å². The maximum absolute atomic E-state index is 12.2. The van der Waals surface area contributed by atoms with Crippen LogP contribution in [0.5, 0.6) is 0 Å². The lowest BCUT2D eigenvalue weighted by atomic mass is 10.2. The Morgan fingerprint density at radius 3 is 2.61 bits per heavy atom. The molecule has 2 rings (SSSR count). The number of nitrogen functional groups attached to an aromatic ring is 1. The third-order valence-corrected chi connectivity index (χ3v) is 3.49. The smallest absolute Gasteiger partial charge is 0.330 e. The van der Waals surface area contributed by atoms with Gasteiger partial charge in [-0.15, -0.1) is 6.42 Å². The van der Waals surface area contributed by atoms with Crippen molar-refractivity contribution in [2.75, 3.05) is 23.7 Å². The predicted molar refractivity (Wildman–Crippen MR) is 92.6 cm³/mol. The zero-order valence-corrected chi connectivity index (χ0v) is 13.1. The number of rotatable bonds is 6. The minimum absolute atomic E-state index is 0.131. The first-order chi connectivity index (χ1) is 11.1. The summed E-state index contributed by atoms with van der Waals surface area (Å²) in [5.41, 5.74) is 6.25. The van der Waals surface area contributed by atoms with Crippen LogP contribution in [0.3, 0.4) is 0 Å². The number of hydrogen-bond donors (Lipinski definition) is 2. The molecule has 6 heteroatoms. The summed E-state index contributed by atoms with van der Waals surface area (Å²) in [6, 6.07) is 9.43. The van der Waals surface area contributed by atoms with E-state index in [9.17, 15) is 9.59 Å². The van der Waals surface area contributed by atoms with E-state index in [1.165, 1.54) is 4.57 Å². The van der Waals surface area contributed by atoms with E-state index in [-0.39, 0.29) is 24.6 Å². The summed E-state index contributed by atoms with van der Waals surface area (Å²) < 4.78 is 1.35. The Kier molecular flexibility index (Phi) is 5.26. The molecule has 0 unspecified atom stereocenters. The highest BCUT2D eigenvalue weighted by Gasteiger charge is 2.17. The van der Waals surface area contributed by atoms with Crippen molar-refractivity contribution in [2.45, 2.75) is 19.9 Å². The maximum atomic E-state index is 12.2. The topological polar surface area (TPSA) is 84.1 Å². The number of terminal acetylenes is 1. The van der Waals surface area contributed by atoms with Gasteiger partial charge in [-0.2, -0.15) is 0 Å². The molecule has 0 fully saturated rings. The highest BCUT2D eigenvalue weighted by molar-refractivity contribution is 5.63. The number of hydrogen-bond acceptors (Lipinski definition) is 4. The van der Waals surface area contributed by atoms with Gasteiger partial charge in [-0.1, -0.05) is 43.2 Å². The molecule has 0 radical (unpaired) electrons. The number of aromatic amines is 1. The molecule has 23 heavy (non-hydrogen) atoms. The van der Waals surface area contributed by atoms with Crippen LogP contribution in [0.1, 0.15) is 18.9 Å². The quantitative estimate of drug-likeness (QED) is 0.780. The van der Waals surface area contributed by atoms with E-state index < -0.39 is 11.2 Å².